The highest BCUT2D eigenvalue weighted by atomic mass is 19.1. The number of nitrogens with zero attached hydrogens (tertiary/aromatic N) is 1. The van der Waals surface area contributed by atoms with Gasteiger partial charge in [0.05, 0.1) is 13.2 Å². The monoisotopic (exact) mass is 294 g/mol. The molecule has 3 rings (SSSR count). The van der Waals surface area contributed by atoms with Gasteiger partial charge in [-0.3, -0.25) is 4.90 Å². The SMILES string of the molecule is Fc1cc(CNC2CC2)ccc1OCCN1CCOCC1. The van der Waals surface area contributed by atoms with Gasteiger partial charge < -0.3 is 14.8 Å². The van der Waals surface area contributed by atoms with Crippen molar-refractivity contribution in [1.82, 2.24) is 10.2 Å². The molecule has 1 N–H and O–H groups in total. The highest BCUT2D eigenvalue weighted by Gasteiger charge is 2.20. The lowest BCUT2D eigenvalue weighted by Crippen LogP contribution is -2.38. The predicted molar refractivity (Wildman–Crippen MR) is 79.0 cm³/mol. The van der Waals surface area contributed by atoms with Crippen molar-refractivity contribution in [2.75, 3.05) is 39.5 Å². The minimum atomic E-state index is -0.271. The first-order valence-electron chi connectivity index (χ1n) is 7.76. The molecule has 1 saturated heterocycles. The lowest BCUT2D eigenvalue weighted by Gasteiger charge is -2.26. The van der Waals surface area contributed by atoms with Crippen LogP contribution in [0.15, 0.2) is 18.2 Å². The molecule has 0 aromatic heterocycles. The van der Waals surface area contributed by atoms with E-state index in [9.17, 15) is 4.39 Å². The molecule has 1 aromatic carbocycles. The van der Waals surface area contributed by atoms with Crippen LogP contribution in [0.1, 0.15) is 18.4 Å². The molecular weight excluding hydrogens is 271 g/mol. The fourth-order valence-electron chi connectivity index (χ4n) is 2.43. The summed E-state index contributed by atoms with van der Waals surface area (Å²) >= 11 is 0. The van der Waals surface area contributed by atoms with Crippen molar-refractivity contribution in [3.05, 3.63) is 29.6 Å². The van der Waals surface area contributed by atoms with Crippen molar-refractivity contribution in [1.29, 1.82) is 0 Å². The van der Waals surface area contributed by atoms with E-state index in [1.54, 1.807) is 12.1 Å². The third kappa shape index (κ3) is 4.66. The molecule has 1 aromatic rings. The van der Waals surface area contributed by atoms with E-state index >= 15 is 0 Å². The maximum absolute atomic E-state index is 14.0. The van der Waals surface area contributed by atoms with Crippen molar-refractivity contribution in [2.45, 2.75) is 25.4 Å². The molecule has 0 radical (unpaired) electrons. The molecule has 2 fully saturated rings. The van der Waals surface area contributed by atoms with Gasteiger partial charge in [0.1, 0.15) is 6.61 Å². The Labute approximate surface area is 125 Å². The van der Waals surface area contributed by atoms with Gasteiger partial charge in [-0.25, -0.2) is 4.39 Å². The standard InChI is InChI=1S/C16H23FN2O2/c17-15-11-13(12-18-14-2-3-14)1-4-16(15)21-10-7-19-5-8-20-9-6-19/h1,4,11,14,18H,2-3,5-10,12H2. The first-order valence-corrected chi connectivity index (χ1v) is 7.76. The van der Waals surface area contributed by atoms with Crippen molar-refractivity contribution >= 4 is 0 Å². The van der Waals surface area contributed by atoms with Gasteiger partial charge in [-0.1, -0.05) is 6.07 Å². The second-order valence-corrected chi connectivity index (χ2v) is 5.72. The summed E-state index contributed by atoms with van der Waals surface area (Å²) in [5.74, 6) is 0.0745. The number of rotatable bonds is 7. The summed E-state index contributed by atoms with van der Waals surface area (Å²) < 4.78 is 24.8. The summed E-state index contributed by atoms with van der Waals surface area (Å²) in [6.45, 7) is 5.46. The topological polar surface area (TPSA) is 33.7 Å². The molecular formula is C16H23FN2O2. The second kappa shape index (κ2) is 7.20. The van der Waals surface area contributed by atoms with Crippen LogP contribution in [0.4, 0.5) is 4.39 Å². The molecule has 0 spiro atoms. The van der Waals surface area contributed by atoms with Crippen LogP contribution in [0.3, 0.4) is 0 Å². The van der Waals surface area contributed by atoms with Gasteiger partial charge in [0, 0.05) is 32.2 Å². The molecule has 1 heterocycles. The number of ether oxygens (including phenoxy) is 2. The zero-order chi connectivity index (χ0) is 14.5. The fourth-order valence-corrected chi connectivity index (χ4v) is 2.43. The fraction of sp³-hybridized carbons (Fsp3) is 0.625. The highest BCUT2D eigenvalue weighted by molar-refractivity contribution is 5.29. The quantitative estimate of drug-likeness (QED) is 0.831. The van der Waals surface area contributed by atoms with Crippen molar-refractivity contribution in [3.63, 3.8) is 0 Å². The minimum Gasteiger partial charge on any atom is -0.489 e. The van der Waals surface area contributed by atoms with Crippen LogP contribution in [0, 0.1) is 5.82 Å². The number of morpholine rings is 1. The van der Waals surface area contributed by atoms with Gasteiger partial charge in [-0.2, -0.15) is 0 Å². The highest BCUT2D eigenvalue weighted by Crippen LogP contribution is 2.21. The van der Waals surface area contributed by atoms with Gasteiger partial charge in [-0.15, -0.1) is 0 Å². The first-order chi connectivity index (χ1) is 10.3. The van der Waals surface area contributed by atoms with E-state index in [0.29, 0.717) is 18.4 Å². The van der Waals surface area contributed by atoms with E-state index < -0.39 is 0 Å². The Hall–Kier alpha value is -1.17. The first kappa shape index (κ1) is 14.8. The van der Waals surface area contributed by atoms with E-state index in [1.165, 1.54) is 12.8 Å². The third-order valence-corrected chi connectivity index (χ3v) is 3.94. The van der Waals surface area contributed by atoms with Crippen LogP contribution in [-0.4, -0.2) is 50.4 Å². The number of hydrogen-bond acceptors (Lipinski definition) is 4. The van der Waals surface area contributed by atoms with Crippen LogP contribution < -0.4 is 10.1 Å². The van der Waals surface area contributed by atoms with E-state index in [-0.39, 0.29) is 5.82 Å². The van der Waals surface area contributed by atoms with E-state index in [4.69, 9.17) is 9.47 Å². The predicted octanol–water partition coefficient (Wildman–Crippen LogP) is 1.79. The van der Waals surface area contributed by atoms with Crippen LogP contribution >= 0.6 is 0 Å². The third-order valence-electron chi connectivity index (χ3n) is 3.94. The summed E-state index contributed by atoms with van der Waals surface area (Å²) in [5, 5.41) is 3.38. The lowest BCUT2D eigenvalue weighted by molar-refractivity contribution is 0.0320. The maximum atomic E-state index is 14.0. The molecule has 0 atom stereocenters. The van der Waals surface area contributed by atoms with Crippen molar-refractivity contribution in [3.8, 4) is 5.75 Å². The largest absolute Gasteiger partial charge is 0.489 e. The molecule has 1 saturated carbocycles. The Morgan fingerprint density at radius 3 is 2.81 bits per heavy atom. The van der Waals surface area contributed by atoms with E-state index in [0.717, 1.165) is 45.0 Å². The summed E-state index contributed by atoms with van der Waals surface area (Å²) in [7, 11) is 0. The van der Waals surface area contributed by atoms with Gasteiger partial charge in [0.25, 0.3) is 0 Å². The van der Waals surface area contributed by atoms with Gasteiger partial charge in [0.15, 0.2) is 11.6 Å². The average Bonchev–Trinajstić information content (AvgIpc) is 3.32. The maximum Gasteiger partial charge on any atom is 0.165 e. The van der Waals surface area contributed by atoms with Crippen LogP contribution in [0.2, 0.25) is 0 Å². The Bertz CT molecular complexity index is 460. The molecule has 0 amide bonds. The molecule has 0 unspecified atom stereocenters. The summed E-state index contributed by atoms with van der Waals surface area (Å²) in [5.41, 5.74) is 0.972. The normalized spacial score (nSPS) is 19.7. The molecule has 4 nitrogen and oxygen atoms in total. The molecule has 21 heavy (non-hydrogen) atoms. The Morgan fingerprint density at radius 2 is 2.10 bits per heavy atom. The van der Waals surface area contributed by atoms with Crippen LogP contribution in [-0.2, 0) is 11.3 Å². The van der Waals surface area contributed by atoms with Gasteiger partial charge in [0.2, 0.25) is 0 Å². The Kier molecular flexibility index (Phi) is 5.06. The number of hydrogen-bond donors (Lipinski definition) is 1. The van der Waals surface area contributed by atoms with E-state index in [2.05, 4.69) is 10.2 Å². The minimum absolute atomic E-state index is 0.271. The summed E-state index contributed by atoms with van der Waals surface area (Å²) in [6.07, 6.45) is 2.48. The van der Waals surface area contributed by atoms with Crippen molar-refractivity contribution in [2.24, 2.45) is 0 Å². The second-order valence-electron chi connectivity index (χ2n) is 5.72. The number of nitrogens with one attached hydrogen (secondary N) is 1. The zero-order valence-electron chi connectivity index (χ0n) is 12.3. The lowest BCUT2D eigenvalue weighted by atomic mass is 10.2. The molecule has 116 valence electrons. The van der Waals surface area contributed by atoms with Crippen LogP contribution in [0.5, 0.6) is 5.75 Å². The summed E-state index contributed by atoms with van der Waals surface area (Å²) in [4.78, 5) is 2.27. The zero-order valence-corrected chi connectivity index (χ0v) is 12.3. The van der Waals surface area contributed by atoms with Gasteiger partial charge >= 0.3 is 0 Å². The average molecular weight is 294 g/mol. The Morgan fingerprint density at radius 1 is 1.29 bits per heavy atom. The number of halogens is 1. The molecule has 5 heteroatoms. The van der Waals surface area contributed by atoms with E-state index in [1.807, 2.05) is 6.07 Å². The number of benzene rings is 1. The smallest absolute Gasteiger partial charge is 0.165 e. The Balaban J connectivity index is 1.43. The molecule has 2 aliphatic rings. The van der Waals surface area contributed by atoms with Crippen LogP contribution in [0.25, 0.3) is 0 Å². The van der Waals surface area contributed by atoms with Gasteiger partial charge in [-0.05, 0) is 30.5 Å². The summed E-state index contributed by atoms with van der Waals surface area (Å²) in [6, 6.07) is 5.87. The molecule has 1 aliphatic heterocycles. The molecule has 1 aliphatic carbocycles. The van der Waals surface area contributed by atoms with Crippen molar-refractivity contribution < 1.29 is 13.9 Å². The molecule has 0 bridgehead atoms.